The Balaban J connectivity index is 2.19. The average molecular weight is 350 g/mol. The molecule has 2 N–H and O–H groups in total. The molecule has 8 heteroatoms. The third-order valence-electron chi connectivity index (χ3n) is 3.56. The van der Waals surface area contributed by atoms with Crippen LogP contribution in [0.5, 0.6) is 0 Å². The summed E-state index contributed by atoms with van der Waals surface area (Å²) in [5.74, 6) is -0.901. The molecular weight excluding hydrogens is 336 g/mol. The van der Waals surface area contributed by atoms with Crippen LogP contribution in [0.2, 0.25) is 5.02 Å². The number of benzene rings is 2. The summed E-state index contributed by atoms with van der Waals surface area (Å²) >= 11 is 5.97. The molecule has 0 aliphatic carbocycles. The van der Waals surface area contributed by atoms with Crippen LogP contribution >= 0.6 is 11.6 Å². The van der Waals surface area contributed by atoms with E-state index < -0.39 is 11.6 Å². The van der Waals surface area contributed by atoms with E-state index >= 15 is 0 Å². The number of aromatic nitrogens is 4. The molecule has 0 fully saturated rings. The summed E-state index contributed by atoms with van der Waals surface area (Å²) in [5.41, 5.74) is 6.95. The van der Waals surface area contributed by atoms with E-state index in [1.165, 1.54) is 10.9 Å². The first kappa shape index (κ1) is 16.5. The van der Waals surface area contributed by atoms with E-state index in [0.29, 0.717) is 29.7 Å². The number of aryl methyl sites for hydroxylation is 1. The highest BCUT2D eigenvalue weighted by atomic mass is 35.5. The van der Waals surface area contributed by atoms with Crippen LogP contribution in [0.25, 0.3) is 22.5 Å². The molecule has 24 heavy (non-hydrogen) atoms. The van der Waals surface area contributed by atoms with Crippen LogP contribution in [0.3, 0.4) is 0 Å². The summed E-state index contributed by atoms with van der Waals surface area (Å²) in [7, 11) is 1.57. The van der Waals surface area contributed by atoms with Gasteiger partial charge in [-0.05, 0) is 53.1 Å². The Morgan fingerprint density at radius 3 is 2.58 bits per heavy atom. The number of nitrogens with zero attached hydrogens (tertiary/aromatic N) is 4. The maximum absolute atomic E-state index is 14.5. The summed E-state index contributed by atoms with van der Waals surface area (Å²) in [6, 6.07) is 7.36. The molecule has 5 nitrogen and oxygen atoms in total. The molecule has 0 unspecified atom stereocenters. The van der Waals surface area contributed by atoms with Crippen LogP contribution in [0.15, 0.2) is 30.3 Å². The molecule has 0 amide bonds. The molecular formula is C16H14ClF2N5. The van der Waals surface area contributed by atoms with Crippen molar-refractivity contribution in [3.63, 3.8) is 0 Å². The van der Waals surface area contributed by atoms with Crippen molar-refractivity contribution in [1.29, 1.82) is 0 Å². The Hall–Kier alpha value is -2.38. The molecule has 0 aliphatic rings. The van der Waals surface area contributed by atoms with Gasteiger partial charge in [-0.2, -0.15) is 4.80 Å². The van der Waals surface area contributed by atoms with Gasteiger partial charge in [-0.15, -0.1) is 10.2 Å². The smallest absolute Gasteiger partial charge is 0.208 e. The van der Waals surface area contributed by atoms with Crippen LogP contribution in [0.4, 0.5) is 8.78 Å². The first-order valence-corrected chi connectivity index (χ1v) is 7.59. The Morgan fingerprint density at radius 1 is 1.17 bits per heavy atom. The number of hydrogen-bond acceptors (Lipinski definition) is 4. The predicted octanol–water partition coefficient (Wildman–Crippen LogP) is 2.98. The minimum Gasteiger partial charge on any atom is -0.330 e. The normalized spacial score (nSPS) is 11.0. The van der Waals surface area contributed by atoms with Crippen molar-refractivity contribution in [2.75, 3.05) is 6.54 Å². The second-order valence-electron chi connectivity index (χ2n) is 5.26. The molecule has 1 heterocycles. The SMILES string of the molecule is Cn1nnc(-c2c(F)cc(Cl)cc2-c2ccc(CCN)c(F)c2)n1. The first-order valence-electron chi connectivity index (χ1n) is 7.22. The fraction of sp³-hybridized carbons (Fsp3) is 0.188. The highest BCUT2D eigenvalue weighted by Gasteiger charge is 2.19. The zero-order valence-corrected chi connectivity index (χ0v) is 13.6. The van der Waals surface area contributed by atoms with Gasteiger partial charge in [0.1, 0.15) is 11.6 Å². The highest BCUT2D eigenvalue weighted by Crippen LogP contribution is 2.35. The van der Waals surface area contributed by atoms with Gasteiger partial charge in [-0.25, -0.2) is 8.78 Å². The quantitative estimate of drug-likeness (QED) is 0.786. The minimum absolute atomic E-state index is 0.105. The lowest BCUT2D eigenvalue weighted by Gasteiger charge is -2.11. The Bertz CT molecular complexity index is 894. The second-order valence-corrected chi connectivity index (χ2v) is 5.69. The van der Waals surface area contributed by atoms with Crippen LogP contribution in [-0.2, 0) is 13.5 Å². The maximum Gasteiger partial charge on any atom is 0.208 e. The third-order valence-corrected chi connectivity index (χ3v) is 3.78. The molecule has 0 saturated heterocycles. The van der Waals surface area contributed by atoms with Gasteiger partial charge in [0.15, 0.2) is 0 Å². The molecule has 0 radical (unpaired) electrons. The number of tetrazole rings is 1. The largest absolute Gasteiger partial charge is 0.330 e. The summed E-state index contributed by atoms with van der Waals surface area (Å²) < 4.78 is 28.7. The minimum atomic E-state index is -0.600. The van der Waals surface area contributed by atoms with E-state index in [1.807, 2.05) is 0 Å². The van der Waals surface area contributed by atoms with Gasteiger partial charge in [-0.3, -0.25) is 0 Å². The number of halogens is 3. The summed E-state index contributed by atoms with van der Waals surface area (Å²) in [5, 5.41) is 11.8. The predicted molar refractivity (Wildman–Crippen MR) is 87.4 cm³/mol. The molecule has 0 saturated carbocycles. The monoisotopic (exact) mass is 349 g/mol. The van der Waals surface area contributed by atoms with E-state index in [2.05, 4.69) is 15.4 Å². The Kier molecular flexibility index (Phi) is 4.55. The Labute approximate surface area is 142 Å². The molecule has 0 aliphatic heterocycles. The standard InChI is InChI=1S/C16H14ClF2N5/c1-24-22-16(21-23-24)15-12(7-11(17)8-14(15)19)10-3-2-9(4-5-20)13(18)6-10/h2-3,6-8H,4-5,20H2,1H3. The second kappa shape index (κ2) is 6.62. The molecule has 0 atom stereocenters. The number of rotatable bonds is 4. The molecule has 0 spiro atoms. The van der Waals surface area contributed by atoms with Gasteiger partial charge in [0.05, 0.1) is 12.6 Å². The van der Waals surface area contributed by atoms with Crippen LogP contribution < -0.4 is 5.73 Å². The average Bonchev–Trinajstić information content (AvgIpc) is 2.94. The van der Waals surface area contributed by atoms with Crippen molar-refractivity contribution < 1.29 is 8.78 Å². The highest BCUT2D eigenvalue weighted by molar-refractivity contribution is 6.31. The fourth-order valence-corrected chi connectivity index (χ4v) is 2.69. The van der Waals surface area contributed by atoms with Crippen molar-refractivity contribution in [3.8, 4) is 22.5 Å². The van der Waals surface area contributed by atoms with Gasteiger partial charge in [0.2, 0.25) is 5.82 Å². The molecule has 3 rings (SSSR count). The summed E-state index contributed by atoms with van der Waals surface area (Å²) in [4.78, 5) is 1.22. The lowest BCUT2D eigenvalue weighted by Crippen LogP contribution is -2.04. The van der Waals surface area contributed by atoms with Crippen molar-refractivity contribution in [1.82, 2.24) is 20.2 Å². The van der Waals surface area contributed by atoms with Gasteiger partial charge in [-0.1, -0.05) is 23.7 Å². The van der Waals surface area contributed by atoms with Gasteiger partial charge < -0.3 is 5.73 Å². The van der Waals surface area contributed by atoms with Gasteiger partial charge in [0, 0.05) is 5.02 Å². The zero-order chi connectivity index (χ0) is 17.3. The van der Waals surface area contributed by atoms with E-state index in [0.717, 1.165) is 6.07 Å². The molecule has 3 aromatic rings. The van der Waals surface area contributed by atoms with E-state index in [-0.39, 0.29) is 16.4 Å². The lowest BCUT2D eigenvalue weighted by atomic mass is 9.97. The Morgan fingerprint density at radius 2 is 1.96 bits per heavy atom. The van der Waals surface area contributed by atoms with E-state index in [4.69, 9.17) is 17.3 Å². The number of nitrogens with two attached hydrogens (primary N) is 1. The topological polar surface area (TPSA) is 69.6 Å². The molecule has 2 aromatic carbocycles. The summed E-state index contributed by atoms with van der Waals surface area (Å²) in [6.45, 7) is 0.344. The molecule has 1 aromatic heterocycles. The van der Waals surface area contributed by atoms with Crippen LogP contribution in [-0.4, -0.2) is 26.8 Å². The van der Waals surface area contributed by atoms with Crippen molar-refractivity contribution in [3.05, 3.63) is 52.6 Å². The van der Waals surface area contributed by atoms with E-state index in [9.17, 15) is 8.78 Å². The summed E-state index contributed by atoms with van der Waals surface area (Å²) in [6.07, 6.45) is 0.425. The van der Waals surface area contributed by atoms with Gasteiger partial charge in [0.25, 0.3) is 0 Å². The van der Waals surface area contributed by atoms with Crippen LogP contribution in [0, 0.1) is 11.6 Å². The van der Waals surface area contributed by atoms with Crippen molar-refractivity contribution >= 4 is 11.6 Å². The van der Waals surface area contributed by atoms with Crippen molar-refractivity contribution in [2.45, 2.75) is 6.42 Å². The number of hydrogen-bond donors (Lipinski definition) is 1. The van der Waals surface area contributed by atoms with Crippen molar-refractivity contribution in [2.24, 2.45) is 12.8 Å². The first-order chi connectivity index (χ1) is 11.5. The zero-order valence-electron chi connectivity index (χ0n) is 12.8. The maximum atomic E-state index is 14.5. The molecule has 0 bridgehead atoms. The van der Waals surface area contributed by atoms with Crippen LogP contribution in [0.1, 0.15) is 5.56 Å². The lowest BCUT2D eigenvalue weighted by molar-refractivity contribution is 0.610. The van der Waals surface area contributed by atoms with Gasteiger partial charge >= 0.3 is 0 Å². The third kappa shape index (κ3) is 3.13. The fourth-order valence-electron chi connectivity index (χ4n) is 2.49. The molecule has 124 valence electrons. The van der Waals surface area contributed by atoms with E-state index in [1.54, 1.807) is 25.2 Å².